The van der Waals surface area contributed by atoms with Crippen LogP contribution < -0.4 is 4.74 Å². The van der Waals surface area contributed by atoms with E-state index >= 15 is 0 Å². The third-order valence-electron chi connectivity index (χ3n) is 7.37. The number of carbonyl (C=O) groups is 3. The molecule has 0 saturated carbocycles. The normalized spacial score (nSPS) is 21.6. The van der Waals surface area contributed by atoms with Crippen LogP contribution in [0.15, 0.2) is 89.1 Å². The summed E-state index contributed by atoms with van der Waals surface area (Å²) in [4.78, 5) is 44.5. The van der Waals surface area contributed by atoms with Crippen LogP contribution in [0.2, 0.25) is 0 Å². The van der Waals surface area contributed by atoms with E-state index in [0.717, 1.165) is 22.5 Å². The van der Waals surface area contributed by atoms with Gasteiger partial charge >= 0.3 is 5.97 Å². The number of fused-ring (bicyclic) bond motifs is 3. The van der Waals surface area contributed by atoms with E-state index in [-0.39, 0.29) is 22.5 Å². The minimum absolute atomic E-state index is 0.0228. The lowest BCUT2D eigenvalue weighted by molar-refractivity contribution is -0.118. The van der Waals surface area contributed by atoms with Crippen molar-refractivity contribution in [3.05, 3.63) is 112 Å². The quantitative estimate of drug-likeness (QED) is 0.327. The zero-order valence-corrected chi connectivity index (χ0v) is 20.5. The number of esters is 1. The molecular formula is C31H24FNO4. The molecule has 5 nitrogen and oxygen atoms in total. The van der Waals surface area contributed by atoms with Crippen molar-refractivity contribution < 1.29 is 23.5 Å². The molecule has 3 aromatic rings. The molecule has 0 amide bonds. The van der Waals surface area contributed by atoms with E-state index in [0.29, 0.717) is 29.7 Å². The largest absolute Gasteiger partial charge is 0.423 e. The summed E-state index contributed by atoms with van der Waals surface area (Å²) in [6, 6.07) is 19.5. The number of ketones is 2. The maximum absolute atomic E-state index is 13.6. The summed E-state index contributed by atoms with van der Waals surface area (Å²) < 4.78 is 18.6. The van der Waals surface area contributed by atoms with Crippen molar-refractivity contribution in [3.63, 3.8) is 0 Å². The van der Waals surface area contributed by atoms with Crippen LogP contribution in [0.3, 0.4) is 0 Å². The second kappa shape index (κ2) is 8.44. The molecule has 3 aromatic carbocycles. The van der Waals surface area contributed by atoms with Crippen molar-refractivity contribution in [2.45, 2.75) is 32.6 Å². The first-order valence-electron chi connectivity index (χ1n) is 12.3. The molecule has 0 spiro atoms. The molecule has 0 radical (unpaired) electrons. The number of rotatable bonds is 3. The van der Waals surface area contributed by atoms with Gasteiger partial charge in [0.1, 0.15) is 11.6 Å². The molecule has 1 heterocycles. The molecule has 0 aromatic heterocycles. The number of allylic oxidation sites excluding steroid dienone is 2. The van der Waals surface area contributed by atoms with Gasteiger partial charge in [0.05, 0.1) is 17.2 Å². The first kappa shape index (κ1) is 23.2. The highest BCUT2D eigenvalue weighted by Crippen LogP contribution is 2.51. The Morgan fingerprint density at radius 1 is 0.892 bits per heavy atom. The average molecular weight is 494 g/mol. The fraction of sp³-hybridized carbons (Fsp3) is 0.226. The predicted octanol–water partition coefficient (Wildman–Crippen LogP) is 6.09. The molecule has 0 N–H and O–H groups in total. The Balaban J connectivity index is 1.38. The van der Waals surface area contributed by atoms with Crippen LogP contribution in [-0.4, -0.2) is 23.2 Å². The van der Waals surface area contributed by atoms with Crippen molar-refractivity contribution in [1.29, 1.82) is 0 Å². The number of aliphatic imine (C=N–C) groups is 1. The first-order chi connectivity index (χ1) is 17.7. The van der Waals surface area contributed by atoms with E-state index in [9.17, 15) is 18.8 Å². The van der Waals surface area contributed by atoms with E-state index in [1.807, 2.05) is 24.3 Å². The van der Waals surface area contributed by atoms with Gasteiger partial charge in [-0.05, 0) is 53.8 Å². The summed E-state index contributed by atoms with van der Waals surface area (Å²) in [6.07, 6.45) is 1.05. The zero-order chi connectivity index (χ0) is 25.9. The standard InChI is InChI=1S/C31H24FNO4/c1-31(2)15-23-26(24(34)16-31)25(27-28(33-23)21-5-3-4-6-22(21)29(27)35)17-9-13-20(14-10-17)37-30(36)18-7-11-19(32)12-8-18/h3-14,25,27H,15-16H2,1-2H3/t25-,27+/m0/s1. The van der Waals surface area contributed by atoms with Crippen LogP contribution in [0.25, 0.3) is 0 Å². The summed E-state index contributed by atoms with van der Waals surface area (Å²) in [5.74, 6) is -1.77. The summed E-state index contributed by atoms with van der Waals surface area (Å²) >= 11 is 0. The van der Waals surface area contributed by atoms with E-state index in [4.69, 9.17) is 9.73 Å². The lowest BCUT2D eigenvalue weighted by atomic mass is 9.66. The molecule has 37 heavy (non-hydrogen) atoms. The van der Waals surface area contributed by atoms with Gasteiger partial charge < -0.3 is 4.74 Å². The van der Waals surface area contributed by atoms with Crippen molar-refractivity contribution >= 4 is 23.2 Å². The van der Waals surface area contributed by atoms with Crippen LogP contribution in [0.5, 0.6) is 5.75 Å². The molecule has 6 heteroatoms. The number of carbonyl (C=O) groups excluding carboxylic acids is 3. The molecular weight excluding hydrogens is 469 g/mol. The Kier molecular flexibility index (Phi) is 5.30. The van der Waals surface area contributed by atoms with E-state index < -0.39 is 23.6 Å². The second-order valence-electron chi connectivity index (χ2n) is 10.6. The molecule has 6 rings (SSSR count). The molecule has 0 bridgehead atoms. The third kappa shape index (κ3) is 3.93. The summed E-state index contributed by atoms with van der Waals surface area (Å²) in [7, 11) is 0. The third-order valence-corrected chi connectivity index (χ3v) is 7.37. The lowest BCUT2D eigenvalue weighted by Gasteiger charge is -2.38. The van der Waals surface area contributed by atoms with Crippen LogP contribution in [0.1, 0.15) is 64.4 Å². The Morgan fingerprint density at radius 3 is 2.27 bits per heavy atom. The Labute approximate surface area is 213 Å². The number of ether oxygens (including phenoxy) is 1. The molecule has 0 saturated heterocycles. The number of halogens is 1. The fourth-order valence-corrected chi connectivity index (χ4v) is 5.74. The highest BCUT2D eigenvalue weighted by molar-refractivity contribution is 6.30. The van der Waals surface area contributed by atoms with Crippen molar-refractivity contribution in [1.82, 2.24) is 0 Å². The molecule has 0 fully saturated rings. The van der Waals surface area contributed by atoms with Crippen LogP contribution in [0, 0.1) is 17.2 Å². The minimum atomic E-state index is -0.601. The van der Waals surface area contributed by atoms with E-state index in [2.05, 4.69) is 13.8 Å². The van der Waals surface area contributed by atoms with Gasteiger partial charge in [-0.3, -0.25) is 14.6 Å². The Morgan fingerprint density at radius 2 is 1.57 bits per heavy atom. The molecule has 2 atom stereocenters. The average Bonchev–Trinajstić information content (AvgIpc) is 3.15. The van der Waals surface area contributed by atoms with Gasteiger partial charge in [-0.15, -0.1) is 0 Å². The molecule has 1 aliphatic heterocycles. The number of hydrogen-bond donors (Lipinski definition) is 0. The Hall–Kier alpha value is -4.19. The number of benzene rings is 3. The van der Waals surface area contributed by atoms with Gasteiger partial charge in [0, 0.05) is 34.7 Å². The maximum Gasteiger partial charge on any atom is 0.343 e. The SMILES string of the molecule is CC1(C)CC(=O)C2=C(C1)N=C1c3ccccc3C(=O)[C@@H]1[C@H]2c1ccc(OC(=O)c2ccc(F)cc2)cc1. The van der Waals surface area contributed by atoms with Crippen molar-refractivity contribution in [2.75, 3.05) is 0 Å². The molecule has 2 aliphatic carbocycles. The van der Waals surface area contributed by atoms with E-state index in [1.54, 1.807) is 24.3 Å². The van der Waals surface area contributed by atoms with Crippen molar-refractivity contribution in [2.24, 2.45) is 16.3 Å². The van der Waals surface area contributed by atoms with Gasteiger partial charge in [0.15, 0.2) is 11.6 Å². The van der Waals surface area contributed by atoms with Crippen LogP contribution >= 0.6 is 0 Å². The smallest absolute Gasteiger partial charge is 0.343 e. The van der Waals surface area contributed by atoms with Gasteiger partial charge in [-0.1, -0.05) is 50.2 Å². The summed E-state index contributed by atoms with van der Waals surface area (Å²) in [5.41, 5.74) is 4.37. The summed E-state index contributed by atoms with van der Waals surface area (Å²) in [5, 5.41) is 0. The monoisotopic (exact) mass is 493 g/mol. The first-order valence-corrected chi connectivity index (χ1v) is 12.3. The van der Waals surface area contributed by atoms with Gasteiger partial charge in [-0.2, -0.15) is 0 Å². The molecule has 3 aliphatic rings. The van der Waals surface area contributed by atoms with Gasteiger partial charge in [0.25, 0.3) is 0 Å². The lowest BCUT2D eigenvalue weighted by Crippen LogP contribution is -2.37. The molecule has 0 unspecified atom stereocenters. The number of hydrogen-bond acceptors (Lipinski definition) is 5. The Bertz CT molecular complexity index is 1530. The highest BCUT2D eigenvalue weighted by Gasteiger charge is 2.50. The topological polar surface area (TPSA) is 72.8 Å². The number of nitrogens with zero attached hydrogens (tertiary/aromatic N) is 1. The summed E-state index contributed by atoms with van der Waals surface area (Å²) in [6.45, 7) is 4.13. The van der Waals surface area contributed by atoms with Crippen LogP contribution in [-0.2, 0) is 4.79 Å². The van der Waals surface area contributed by atoms with Gasteiger partial charge in [-0.25, -0.2) is 9.18 Å². The number of Topliss-reactive ketones (excluding diaryl/α,β-unsaturated/α-hetero) is 2. The zero-order valence-electron chi connectivity index (χ0n) is 20.5. The fourth-order valence-electron chi connectivity index (χ4n) is 5.74. The van der Waals surface area contributed by atoms with Crippen LogP contribution in [0.4, 0.5) is 4.39 Å². The second-order valence-corrected chi connectivity index (χ2v) is 10.6. The van der Waals surface area contributed by atoms with Gasteiger partial charge in [0.2, 0.25) is 0 Å². The minimum Gasteiger partial charge on any atom is -0.423 e. The molecule has 184 valence electrons. The maximum atomic E-state index is 13.6. The predicted molar refractivity (Wildman–Crippen MR) is 136 cm³/mol. The van der Waals surface area contributed by atoms with Crippen molar-refractivity contribution in [3.8, 4) is 5.75 Å². The highest BCUT2D eigenvalue weighted by atomic mass is 19.1. The van der Waals surface area contributed by atoms with E-state index in [1.165, 1.54) is 24.3 Å².